The molecule has 0 aliphatic carbocycles. The first kappa shape index (κ1) is 20.1. The first-order valence-electron chi connectivity index (χ1n) is 8.45. The van der Waals surface area contributed by atoms with Gasteiger partial charge in [0.25, 0.3) is 0 Å². The summed E-state index contributed by atoms with van der Waals surface area (Å²) in [7, 11) is -3.74. The van der Waals surface area contributed by atoms with Crippen molar-refractivity contribution in [1.82, 2.24) is 9.97 Å². The zero-order valence-corrected chi connectivity index (χ0v) is 16.3. The van der Waals surface area contributed by atoms with E-state index in [1.165, 1.54) is 12.1 Å². The molecule has 148 valence electrons. The number of anilines is 4. The molecular formula is C19H18N6O3S. The van der Waals surface area contributed by atoms with Crippen molar-refractivity contribution < 1.29 is 13.2 Å². The van der Waals surface area contributed by atoms with Crippen LogP contribution in [-0.2, 0) is 10.0 Å². The van der Waals surface area contributed by atoms with Crippen molar-refractivity contribution in [3.8, 4) is 11.8 Å². The lowest BCUT2D eigenvalue weighted by Crippen LogP contribution is -2.11. The van der Waals surface area contributed by atoms with Gasteiger partial charge in [0.05, 0.1) is 4.90 Å². The maximum Gasteiger partial charge on any atom is 0.238 e. The minimum absolute atomic E-state index is 0.00892. The molecule has 0 saturated heterocycles. The number of nitrogens with zero attached hydrogens (tertiary/aromatic N) is 3. The Hall–Kier alpha value is -3.68. The number of nitriles is 1. The van der Waals surface area contributed by atoms with Gasteiger partial charge in [-0.2, -0.15) is 10.2 Å². The molecule has 1 aromatic heterocycles. The summed E-state index contributed by atoms with van der Waals surface area (Å²) in [6.07, 6.45) is 1.67. The van der Waals surface area contributed by atoms with Crippen molar-refractivity contribution in [2.75, 3.05) is 17.2 Å². The van der Waals surface area contributed by atoms with Gasteiger partial charge in [0.15, 0.2) is 6.61 Å². The van der Waals surface area contributed by atoms with Crippen molar-refractivity contribution >= 4 is 33.2 Å². The maximum atomic E-state index is 11.3. The highest BCUT2D eigenvalue weighted by Crippen LogP contribution is 2.23. The van der Waals surface area contributed by atoms with E-state index in [1.807, 2.05) is 25.1 Å². The third-order valence-electron chi connectivity index (χ3n) is 3.83. The first-order chi connectivity index (χ1) is 13.8. The number of primary sulfonamides is 1. The quantitative estimate of drug-likeness (QED) is 0.539. The molecule has 3 aromatic rings. The van der Waals surface area contributed by atoms with Gasteiger partial charge in [-0.05, 0) is 55.5 Å². The summed E-state index contributed by atoms with van der Waals surface area (Å²) in [5.74, 6) is 1.55. The molecule has 2 aromatic carbocycles. The largest absolute Gasteiger partial charge is 0.479 e. The van der Waals surface area contributed by atoms with Crippen LogP contribution in [0.1, 0.15) is 5.56 Å². The lowest BCUT2D eigenvalue weighted by molar-refractivity contribution is 0.368. The van der Waals surface area contributed by atoms with Crippen molar-refractivity contribution in [3.05, 3.63) is 60.3 Å². The summed E-state index contributed by atoms with van der Waals surface area (Å²) in [6, 6.07) is 15.0. The molecule has 0 bridgehead atoms. The molecule has 10 heteroatoms. The summed E-state index contributed by atoms with van der Waals surface area (Å²) in [5, 5.41) is 19.9. The Kier molecular flexibility index (Phi) is 5.92. The van der Waals surface area contributed by atoms with Crippen LogP contribution in [0.4, 0.5) is 23.1 Å². The molecule has 9 nitrogen and oxygen atoms in total. The van der Waals surface area contributed by atoms with Crippen LogP contribution in [0.3, 0.4) is 0 Å². The predicted octanol–water partition coefficient (Wildman–Crippen LogP) is 2.82. The molecule has 29 heavy (non-hydrogen) atoms. The van der Waals surface area contributed by atoms with E-state index in [0.717, 1.165) is 11.3 Å². The van der Waals surface area contributed by atoms with E-state index >= 15 is 0 Å². The molecule has 0 radical (unpaired) electrons. The molecule has 0 spiro atoms. The van der Waals surface area contributed by atoms with Gasteiger partial charge in [-0.1, -0.05) is 0 Å². The number of aryl methyl sites for hydroxylation is 1. The SMILES string of the molecule is Cc1cnc(Nc2ccc(S(N)(=O)=O)cc2)nc1Nc1ccc(OCC#N)cc1. The normalized spacial score (nSPS) is 10.8. The van der Waals surface area contributed by atoms with Gasteiger partial charge in [-0.25, -0.2) is 18.5 Å². The van der Waals surface area contributed by atoms with Crippen molar-refractivity contribution in [2.45, 2.75) is 11.8 Å². The van der Waals surface area contributed by atoms with Gasteiger partial charge in [0.2, 0.25) is 16.0 Å². The second-order valence-electron chi connectivity index (χ2n) is 6.02. The van der Waals surface area contributed by atoms with Gasteiger partial charge >= 0.3 is 0 Å². The number of nitrogens with one attached hydrogen (secondary N) is 2. The van der Waals surface area contributed by atoms with E-state index < -0.39 is 10.0 Å². The van der Waals surface area contributed by atoms with Gasteiger partial charge in [0.1, 0.15) is 17.6 Å². The highest BCUT2D eigenvalue weighted by atomic mass is 32.2. The molecule has 0 atom stereocenters. The first-order valence-corrected chi connectivity index (χ1v) is 10.00. The van der Waals surface area contributed by atoms with Crippen LogP contribution in [0, 0.1) is 18.3 Å². The summed E-state index contributed by atoms with van der Waals surface area (Å²) in [4.78, 5) is 8.72. The van der Waals surface area contributed by atoms with E-state index in [9.17, 15) is 8.42 Å². The van der Waals surface area contributed by atoms with E-state index in [0.29, 0.717) is 23.2 Å². The predicted molar refractivity (Wildman–Crippen MR) is 109 cm³/mol. The minimum Gasteiger partial charge on any atom is -0.479 e. The topological polar surface area (TPSA) is 143 Å². The monoisotopic (exact) mass is 410 g/mol. The Morgan fingerprint density at radius 3 is 2.31 bits per heavy atom. The fraction of sp³-hybridized carbons (Fsp3) is 0.105. The zero-order valence-electron chi connectivity index (χ0n) is 15.5. The third kappa shape index (κ3) is 5.41. The fourth-order valence-electron chi connectivity index (χ4n) is 2.37. The van der Waals surface area contributed by atoms with Gasteiger partial charge in [-0.15, -0.1) is 0 Å². The van der Waals surface area contributed by atoms with Crippen molar-refractivity contribution in [1.29, 1.82) is 5.26 Å². The molecule has 1 heterocycles. The minimum atomic E-state index is -3.74. The van der Waals surface area contributed by atoms with Crippen LogP contribution >= 0.6 is 0 Å². The summed E-state index contributed by atoms with van der Waals surface area (Å²) in [6.45, 7) is 1.86. The van der Waals surface area contributed by atoms with Crippen LogP contribution in [0.2, 0.25) is 0 Å². The Bertz CT molecular complexity index is 1140. The maximum absolute atomic E-state index is 11.3. The molecule has 0 unspecified atom stereocenters. The molecule has 0 fully saturated rings. The smallest absolute Gasteiger partial charge is 0.238 e. The van der Waals surface area contributed by atoms with Crippen LogP contribution in [0.5, 0.6) is 5.75 Å². The Balaban J connectivity index is 1.73. The van der Waals surface area contributed by atoms with Gasteiger partial charge in [0, 0.05) is 23.1 Å². The number of sulfonamides is 1. The molecular weight excluding hydrogens is 392 g/mol. The zero-order chi connectivity index (χ0) is 20.9. The number of ether oxygens (including phenoxy) is 1. The Morgan fingerprint density at radius 2 is 1.69 bits per heavy atom. The second-order valence-corrected chi connectivity index (χ2v) is 7.58. The molecule has 0 amide bonds. The van der Waals surface area contributed by atoms with Gasteiger partial charge < -0.3 is 15.4 Å². The Labute approximate surface area is 168 Å². The average molecular weight is 410 g/mol. The number of benzene rings is 2. The van der Waals surface area contributed by atoms with Crippen molar-refractivity contribution in [2.24, 2.45) is 5.14 Å². The number of hydrogen-bond donors (Lipinski definition) is 3. The lowest BCUT2D eigenvalue weighted by Gasteiger charge is -2.12. The third-order valence-corrected chi connectivity index (χ3v) is 4.76. The summed E-state index contributed by atoms with van der Waals surface area (Å²) < 4.78 is 27.9. The Morgan fingerprint density at radius 1 is 1.07 bits per heavy atom. The number of aromatic nitrogens is 2. The van der Waals surface area contributed by atoms with Crippen LogP contribution in [0.25, 0.3) is 0 Å². The number of hydrogen-bond acceptors (Lipinski definition) is 8. The molecule has 3 rings (SSSR count). The molecule has 0 aliphatic rings. The summed E-state index contributed by atoms with van der Waals surface area (Å²) >= 11 is 0. The number of rotatable bonds is 7. The molecule has 0 saturated carbocycles. The van der Waals surface area contributed by atoms with Crippen LogP contribution in [-0.4, -0.2) is 25.0 Å². The van der Waals surface area contributed by atoms with E-state index in [1.54, 1.807) is 30.5 Å². The van der Waals surface area contributed by atoms with E-state index in [2.05, 4.69) is 20.6 Å². The number of nitrogens with two attached hydrogens (primary N) is 1. The fourth-order valence-corrected chi connectivity index (χ4v) is 2.89. The highest BCUT2D eigenvalue weighted by Gasteiger charge is 2.08. The second kappa shape index (κ2) is 8.55. The molecule has 0 aliphatic heterocycles. The van der Waals surface area contributed by atoms with Gasteiger partial charge in [-0.3, -0.25) is 0 Å². The highest BCUT2D eigenvalue weighted by molar-refractivity contribution is 7.89. The lowest BCUT2D eigenvalue weighted by atomic mass is 10.3. The van der Waals surface area contributed by atoms with E-state index in [-0.39, 0.29) is 11.5 Å². The standard InChI is InChI=1S/C19H18N6O3S/c1-13-12-22-19(24-15-4-8-17(9-5-15)29(21,26)27)25-18(13)23-14-2-6-16(7-3-14)28-11-10-20/h2-9,12H,11H2,1H3,(H2,21,26,27)(H2,22,23,24,25). The van der Waals surface area contributed by atoms with Crippen LogP contribution < -0.4 is 20.5 Å². The molecule has 4 N–H and O–H groups in total. The van der Waals surface area contributed by atoms with Crippen molar-refractivity contribution in [3.63, 3.8) is 0 Å². The average Bonchev–Trinajstić information content (AvgIpc) is 2.70. The van der Waals surface area contributed by atoms with Crippen LogP contribution in [0.15, 0.2) is 59.6 Å². The summed E-state index contributed by atoms with van der Waals surface area (Å²) in [5.41, 5.74) is 2.25. The van der Waals surface area contributed by atoms with E-state index in [4.69, 9.17) is 15.1 Å².